The SMILES string of the molecule is CC(C)(C)n1c(CO)nnc1CC1CCC1. The van der Waals surface area contributed by atoms with Crippen LogP contribution in [-0.4, -0.2) is 19.9 Å². The fourth-order valence-corrected chi connectivity index (χ4v) is 2.32. The van der Waals surface area contributed by atoms with E-state index in [0.29, 0.717) is 5.82 Å². The van der Waals surface area contributed by atoms with Gasteiger partial charge in [0.1, 0.15) is 12.4 Å². The third kappa shape index (κ3) is 2.12. The van der Waals surface area contributed by atoms with Gasteiger partial charge in [-0.1, -0.05) is 19.3 Å². The molecule has 0 bridgehead atoms. The van der Waals surface area contributed by atoms with Gasteiger partial charge in [-0.05, 0) is 26.7 Å². The van der Waals surface area contributed by atoms with Crippen molar-refractivity contribution in [2.24, 2.45) is 5.92 Å². The summed E-state index contributed by atoms with van der Waals surface area (Å²) in [5.74, 6) is 2.49. The predicted molar refractivity (Wildman–Crippen MR) is 62.0 cm³/mol. The van der Waals surface area contributed by atoms with Crippen molar-refractivity contribution in [1.29, 1.82) is 0 Å². The molecule has 0 unspecified atom stereocenters. The zero-order valence-electron chi connectivity index (χ0n) is 10.4. The molecule has 4 heteroatoms. The van der Waals surface area contributed by atoms with Crippen molar-refractivity contribution in [2.45, 2.75) is 58.6 Å². The summed E-state index contributed by atoms with van der Waals surface area (Å²) in [5, 5.41) is 17.6. The van der Waals surface area contributed by atoms with Crippen LogP contribution in [0.2, 0.25) is 0 Å². The Labute approximate surface area is 96.7 Å². The Hall–Kier alpha value is -0.900. The van der Waals surface area contributed by atoms with Gasteiger partial charge in [0.25, 0.3) is 0 Å². The standard InChI is InChI=1S/C12H21N3O/c1-12(2,3)15-10(7-9-5-4-6-9)13-14-11(15)8-16/h9,16H,4-8H2,1-3H3. The third-order valence-corrected chi connectivity index (χ3v) is 3.31. The van der Waals surface area contributed by atoms with Crippen molar-refractivity contribution < 1.29 is 5.11 Å². The minimum atomic E-state index is -0.0549. The summed E-state index contributed by atoms with van der Waals surface area (Å²) >= 11 is 0. The van der Waals surface area contributed by atoms with E-state index in [1.807, 2.05) is 0 Å². The molecule has 0 spiro atoms. The zero-order valence-corrected chi connectivity index (χ0v) is 10.4. The quantitative estimate of drug-likeness (QED) is 0.851. The average molecular weight is 223 g/mol. The minimum absolute atomic E-state index is 0.0328. The summed E-state index contributed by atoms with van der Waals surface area (Å²) in [4.78, 5) is 0. The molecule has 1 aliphatic carbocycles. The maximum Gasteiger partial charge on any atom is 0.159 e. The molecule has 1 aromatic heterocycles. The fourth-order valence-electron chi connectivity index (χ4n) is 2.32. The summed E-state index contributed by atoms with van der Waals surface area (Å²) < 4.78 is 2.09. The van der Waals surface area contributed by atoms with E-state index in [1.54, 1.807) is 0 Å². The van der Waals surface area contributed by atoms with Crippen molar-refractivity contribution in [2.75, 3.05) is 0 Å². The smallest absolute Gasteiger partial charge is 0.159 e. The molecule has 90 valence electrons. The van der Waals surface area contributed by atoms with Crippen LogP contribution < -0.4 is 0 Å². The Bertz CT molecular complexity index is 361. The van der Waals surface area contributed by atoms with Gasteiger partial charge < -0.3 is 9.67 Å². The highest BCUT2D eigenvalue weighted by molar-refractivity contribution is 5.02. The molecule has 16 heavy (non-hydrogen) atoms. The van der Waals surface area contributed by atoms with E-state index in [9.17, 15) is 5.11 Å². The van der Waals surface area contributed by atoms with E-state index in [2.05, 4.69) is 35.5 Å². The Morgan fingerprint density at radius 2 is 1.88 bits per heavy atom. The number of hydrogen-bond donors (Lipinski definition) is 1. The van der Waals surface area contributed by atoms with Crippen molar-refractivity contribution in [3.63, 3.8) is 0 Å². The monoisotopic (exact) mass is 223 g/mol. The average Bonchev–Trinajstić information content (AvgIpc) is 2.53. The molecular weight excluding hydrogens is 202 g/mol. The Balaban J connectivity index is 2.25. The maximum absolute atomic E-state index is 9.28. The van der Waals surface area contributed by atoms with E-state index < -0.39 is 0 Å². The van der Waals surface area contributed by atoms with Crippen LogP contribution >= 0.6 is 0 Å². The van der Waals surface area contributed by atoms with Crippen LogP contribution in [0.25, 0.3) is 0 Å². The number of aromatic nitrogens is 3. The van der Waals surface area contributed by atoms with Gasteiger partial charge >= 0.3 is 0 Å². The number of aliphatic hydroxyl groups is 1. The van der Waals surface area contributed by atoms with E-state index in [1.165, 1.54) is 19.3 Å². The van der Waals surface area contributed by atoms with E-state index in [0.717, 1.165) is 18.2 Å². The second-order valence-electron chi connectivity index (χ2n) is 5.70. The van der Waals surface area contributed by atoms with Crippen LogP contribution in [0.3, 0.4) is 0 Å². The highest BCUT2D eigenvalue weighted by Gasteiger charge is 2.26. The van der Waals surface area contributed by atoms with Crippen molar-refractivity contribution in [1.82, 2.24) is 14.8 Å². The third-order valence-electron chi connectivity index (χ3n) is 3.31. The molecule has 1 N–H and O–H groups in total. The minimum Gasteiger partial charge on any atom is -0.388 e. The molecular formula is C12H21N3O. The van der Waals surface area contributed by atoms with E-state index in [4.69, 9.17) is 0 Å². The highest BCUT2D eigenvalue weighted by Crippen LogP contribution is 2.30. The van der Waals surface area contributed by atoms with Crippen LogP contribution in [0.4, 0.5) is 0 Å². The molecule has 1 aliphatic rings. The lowest BCUT2D eigenvalue weighted by atomic mass is 9.82. The lowest BCUT2D eigenvalue weighted by Gasteiger charge is -2.29. The summed E-state index contributed by atoms with van der Waals surface area (Å²) in [6.45, 7) is 6.34. The van der Waals surface area contributed by atoms with Gasteiger partial charge in [-0.3, -0.25) is 0 Å². The molecule has 1 aromatic rings. The summed E-state index contributed by atoms with van der Waals surface area (Å²) in [6.07, 6.45) is 4.97. The highest BCUT2D eigenvalue weighted by atomic mass is 16.3. The first kappa shape index (κ1) is 11.6. The van der Waals surface area contributed by atoms with Gasteiger partial charge in [0.15, 0.2) is 5.82 Å². The van der Waals surface area contributed by atoms with Gasteiger partial charge in [0.2, 0.25) is 0 Å². The van der Waals surface area contributed by atoms with E-state index in [-0.39, 0.29) is 12.1 Å². The Morgan fingerprint density at radius 3 is 2.31 bits per heavy atom. The zero-order chi connectivity index (χ0) is 11.8. The van der Waals surface area contributed by atoms with E-state index >= 15 is 0 Å². The second kappa shape index (κ2) is 4.17. The Kier molecular flexibility index (Phi) is 3.02. The first-order valence-electron chi connectivity index (χ1n) is 6.07. The van der Waals surface area contributed by atoms with Gasteiger partial charge in [0, 0.05) is 12.0 Å². The number of hydrogen-bond acceptors (Lipinski definition) is 3. The van der Waals surface area contributed by atoms with Crippen LogP contribution in [0.1, 0.15) is 51.7 Å². The molecule has 0 saturated heterocycles. The molecule has 1 saturated carbocycles. The molecule has 4 nitrogen and oxygen atoms in total. The molecule has 1 heterocycles. The number of rotatable bonds is 3. The summed E-state index contributed by atoms with van der Waals surface area (Å²) in [5.41, 5.74) is -0.0549. The fraction of sp³-hybridized carbons (Fsp3) is 0.833. The first-order valence-corrected chi connectivity index (χ1v) is 6.07. The molecule has 0 aliphatic heterocycles. The maximum atomic E-state index is 9.28. The summed E-state index contributed by atoms with van der Waals surface area (Å²) in [6, 6.07) is 0. The van der Waals surface area contributed by atoms with Gasteiger partial charge in [-0.15, -0.1) is 10.2 Å². The van der Waals surface area contributed by atoms with Crippen LogP contribution in [0, 0.1) is 5.92 Å². The largest absolute Gasteiger partial charge is 0.388 e. The molecule has 0 atom stereocenters. The predicted octanol–water partition coefficient (Wildman–Crippen LogP) is 1.87. The molecule has 0 amide bonds. The van der Waals surface area contributed by atoms with Crippen LogP contribution in [0.5, 0.6) is 0 Å². The molecule has 0 aromatic carbocycles. The normalized spacial score (nSPS) is 17.5. The second-order valence-corrected chi connectivity index (χ2v) is 5.70. The van der Waals surface area contributed by atoms with Crippen LogP contribution in [-0.2, 0) is 18.6 Å². The van der Waals surface area contributed by atoms with Gasteiger partial charge in [-0.25, -0.2) is 0 Å². The van der Waals surface area contributed by atoms with Crippen molar-refractivity contribution in [3.05, 3.63) is 11.6 Å². The molecule has 2 rings (SSSR count). The van der Waals surface area contributed by atoms with Gasteiger partial charge in [-0.2, -0.15) is 0 Å². The molecule has 0 radical (unpaired) electrons. The van der Waals surface area contributed by atoms with Crippen LogP contribution in [0.15, 0.2) is 0 Å². The lowest BCUT2D eigenvalue weighted by molar-refractivity contribution is 0.243. The van der Waals surface area contributed by atoms with Crippen molar-refractivity contribution in [3.8, 4) is 0 Å². The molecule has 1 fully saturated rings. The Morgan fingerprint density at radius 1 is 1.25 bits per heavy atom. The summed E-state index contributed by atoms with van der Waals surface area (Å²) in [7, 11) is 0. The van der Waals surface area contributed by atoms with Crippen molar-refractivity contribution >= 4 is 0 Å². The lowest BCUT2D eigenvalue weighted by Crippen LogP contribution is -2.28. The topological polar surface area (TPSA) is 50.9 Å². The van der Waals surface area contributed by atoms with Gasteiger partial charge in [0.05, 0.1) is 0 Å². The number of aliphatic hydroxyl groups excluding tert-OH is 1. The number of nitrogens with zero attached hydrogens (tertiary/aromatic N) is 3. The first-order chi connectivity index (χ1) is 7.52.